The SMILES string of the molecule is CC(Oc1ccc2c(n1)CCN(CCC1(F)CCC(NC(=O)c3cccc(=O)n3C)CC1)CC2)C(F)(F)F. The molecule has 1 N–H and O–H groups in total. The molecule has 4 rings (SSSR count). The molecule has 7 nitrogen and oxygen atoms in total. The van der Waals surface area contributed by atoms with Crippen molar-refractivity contribution in [1.29, 1.82) is 0 Å². The number of halogens is 4. The highest BCUT2D eigenvalue weighted by Gasteiger charge is 2.39. The molecule has 11 heteroatoms. The van der Waals surface area contributed by atoms with Gasteiger partial charge in [-0.05, 0) is 57.1 Å². The summed E-state index contributed by atoms with van der Waals surface area (Å²) in [6.07, 6.45) is -3.03. The Labute approximate surface area is 219 Å². The number of hydrogen-bond acceptors (Lipinski definition) is 5. The molecule has 1 saturated carbocycles. The second-order valence-corrected chi connectivity index (χ2v) is 10.4. The Morgan fingerprint density at radius 2 is 1.89 bits per heavy atom. The number of amides is 1. The van der Waals surface area contributed by atoms with E-state index in [0.29, 0.717) is 58.0 Å². The number of alkyl halides is 4. The Hall–Kier alpha value is -2.95. The Morgan fingerprint density at radius 1 is 1.18 bits per heavy atom. The second kappa shape index (κ2) is 11.4. The summed E-state index contributed by atoms with van der Waals surface area (Å²) < 4.78 is 60.3. The molecule has 1 atom stereocenters. The molecule has 1 amide bonds. The molecule has 38 heavy (non-hydrogen) atoms. The maximum Gasteiger partial charge on any atom is 0.425 e. The third-order valence-electron chi connectivity index (χ3n) is 7.67. The van der Waals surface area contributed by atoms with Crippen molar-refractivity contribution in [3.05, 3.63) is 57.6 Å². The molecule has 1 unspecified atom stereocenters. The van der Waals surface area contributed by atoms with Crippen molar-refractivity contribution in [2.75, 3.05) is 19.6 Å². The molecule has 1 aliphatic carbocycles. The van der Waals surface area contributed by atoms with Gasteiger partial charge in [-0.1, -0.05) is 12.1 Å². The maximum atomic E-state index is 15.6. The molecule has 0 spiro atoms. The van der Waals surface area contributed by atoms with E-state index >= 15 is 4.39 Å². The molecular formula is C27H34F4N4O3. The van der Waals surface area contributed by atoms with Crippen molar-refractivity contribution in [2.45, 2.75) is 75.9 Å². The highest BCUT2D eigenvalue weighted by molar-refractivity contribution is 5.92. The summed E-state index contributed by atoms with van der Waals surface area (Å²) in [4.78, 5) is 30.9. The molecule has 1 aliphatic heterocycles. The normalized spacial score (nSPS) is 23.3. The summed E-state index contributed by atoms with van der Waals surface area (Å²) in [5.74, 6) is -0.371. The molecule has 0 radical (unpaired) electrons. The van der Waals surface area contributed by atoms with Crippen molar-refractivity contribution in [3.63, 3.8) is 0 Å². The quantitative estimate of drug-likeness (QED) is 0.540. The number of pyridine rings is 2. The molecule has 208 valence electrons. The number of nitrogens with zero attached hydrogens (tertiary/aromatic N) is 3. The molecule has 2 aromatic heterocycles. The van der Waals surface area contributed by atoms with Crippen LogP contribution < -0.4 is 15.6 Å². The number of carbonyl (C=O) groups excluding carboxylic acids is 1. The average Bonchev–Trinajstić information content (AvgIpc) is 3.07. The first-order valence-corrected chi connectivity index (χ1v) is 13.0. The minimum Gasteiger partial charge on any atom is -0.465 e. The van der Waals surface area contributed by atoms with Gasteiger partial charge < -0.3 is 19.5 Å². The van der Waals surface area contributed by atoms with E-state index in [9.17, 15) is 22.8 Å². The minimum absolute atomic E-state index is 0.0388. The predicted molar refractivity (Wildman–Crippen MR) is 134 cm³/mol. The van der Waals surface area contributed by atoms with Crippen LogP contribution in [0.1, 0.15) is 60.8 Å². The molecule has 1 fully saturated rings. The minimum atomic E-state index is -4.46. The highest BCUT2D eigenvalue weighted by Crippen LogP contribution is 2.35. The van der Waals surface area contributed by atoms with Crippen LogP contribution in [0.3, 0.4) is 0 Å². The average molecular weight is 539 g/mol. The van der Waals surface area contributed by atoms with E-state index in [1.54, 1.807) is 25.2 Å². The number of nitrogens with one attached hydrogen (secondary N) is 1. The summed E-state index contributed by atoms with van der Waals surface area (Å²) in [7, 11) is 1.54. The van der Waals surface area contributed by atoms with Crippen LogP contribution in [0, 0.1) is 0 Å². The first-order chi connectivity index (χ1) is 17.9. The van der Waals surface area contributed by atoms with E-state index in [4.69, 9.17) is 4.74 Å². The van der Waals surface area contributed by atoms with E-state index in [-0.39, 0.29) is 29.1 Å². The molecule has 0 bridgehead atoms. The Morgan fingerprint density at radius 3 is 2.61 bits per heavy atom. The van der Waals surface area contributed by atoms with Crippen LogP contribution in [-0.2, 0) is 19.9 Å². The number of ether oxygens (including phenoxy) is 1. The summed E-state index contributed by atoms with van der Waals surface area (Å²) in [6.45, 7) is 2.89. The van der Waals surface area contributed by atoms with E-state index in [1.165, 1.54) is 16.7 Å². The van der Waals surface area contributed by atoms with Crippen LogP contribution in [0.5, 0.6) is 5.88 Å². The van der Waals surface area contributed by atoms with Crippen LogP contribution >= 0.6 is 0 Å². The molecule has 3 heterocycles. The molecular weight excluding hydrogens is 504 g/mol. The lowest BCUT2D eigenvalue weighted by Crippen LogP contribution is -2.44. The Kier molecular flexibility index (Phi) is 8.44. The van der Waals surface area contributed by atoms with E-state index in [0.717, 1.165) is 24.7 Å². The largest absolute Gasteiger partial charge is 0.465 e. The van der Waals surface area contributed by atoms with Crippen molar-refractivity contribution in [2.24, 2.45) is 7.05 Å². The van der Waals surface area contributed by atoms with Crippen molar-refractivity contribution >= 4 is 5.91 Å². The highest BCUT2D eigenvalue weighted by atomic mass is 19.4. The van der Waals surface area contributed by atoms with Crippen LogP contribution in [-0.4, -0.2) is 64.0 Å². The van der Waals surface area contributed by atoms with Crippen LogP contribution in [0.4, 0.5) is 17.6 Å². The summed E-state index contributed by atoms with van der Waals surface area (Å²) in [6, 6.07) is 7.62. The zero-order chi connectivity index (χ0) is 27.5. The standard InChI is InChI=1S/C27H34F4N4O3/c1-18(27(29,30)31)38-23-7-6-19-10-15-35(16-11-21(19)33-23)17-14-26(28)12-8-20(9-13-26)32-25(37)22-4-3-5-24(36)34(22)2/h3-7,18,20H,8-17H2,1-2H3,(H,32,37). The van der Waals surface area contributed by atoms with Crippen molar-refractivity contribution < 1.29 is 27.1 Å². The van der Waals surface area contributed by atoms with E-state index in [1.807, 2.05) is 0 Å². The summed E-state index contributed by atoms with van der Waals surface area (Å²) >= 11 is 0. The van der Waals surface area contributed by atoms with Gasteiger partial charge in [-0.25, -0.2) is 9.37 Å². The molecule has 0 saturated heterocycles. The topological polar surface area (TPSA) is 76.5 Å². The zero-order valence-electron chi connectivity index (χ0n) is 21.7. The second-order valence-electron chi connectivity index (χ2n) is 10.4. The van der Waals surface area contributed by atoms with Gasteiger partial charge in [0.15, 0.2) is 6.10 Å². The van der Waals surface area contributed by atoms with Gasteiger partial charge in [0.2, 0.25) is 5.88 Å². The fourth-order valence-corrected chi connectivity index (χ4v) is 5.09. The summed E-state index contributed by atoms with van der Waals surface area (Å²) in [5.41, 5.74) is 0.400. The zero-order valence-corrected chi connectivity index (χ0v) is 21.7. The van der Waals surface area contributed by atoms with Gasteiger partial charge >= 0.3 is 6.18 Å². The van der Waals surface area contributed by atoms with Crippen molar-refractivity contribution in [3.8, 4) is 5.88 Å². The van der Waals surface area contributed by atoms with Crippen LogP contribution in [0.2, 0.25) is 0 Å². The van der Waals surface area contributed by atoms with Gasteiger partial charge in [-0.3, -0.25) is 9.59 Å². The van der Waals surface area contributed by atoms with E-state index < -0.39 is 17.9 Å². The van der Waals surface area contributed by atoms with Gasteiger partial charge in [0, 0.05) is 57.0 Å². The third kappa shape index (κ3) is 6.92. The van der Waals surface area contributed by atoms with Gasteiger partial charge in [0.05, 0.1) is 0 Å². The molecule has 0 aromatic carbocycles. The van der Waals surface area contributed by atoms with Gasteiger partial charge in [-0.15, -0.1) is 0 Å². The number of rotatable bonds is 7. The predicted octanol–water partition coefficient (Wildman–Crippen LogP) is 3.98. The first-order valence-electron chi connectivity index (χ1n) is 13.0. The fourth-order valence-electron chi connectivity index (χ4n) is 5.09. The van der Waals surface area contributed by atoms with Gasteiger partial charge in [0.25, 0.3) is 11.5 Å². The monoisotopic (exact) mass is 538 g/mol. The summed E-state index contributed by atoms with van der Waals surface area (Å²) in [5, 5.41) is 2.93. The molecule has 2 aliphatic rings. The lowest BCUT2D eigenvalue weighted by atomic mass is 9.81. The van der Waals surface area contributed by atoms with E-state index in [2.05, 4.69) is 15.2 Å². The number of hydrogen-bond donors (Lipinski definition) is 1. The number of aromatic nitrogens is 2. The van der Waals surface area contributed by atoms with Gasteiger partial charge in [-0.2, -0.15) is 13.2 Å². The van der Waals surface area contributed by atoms with Crippen LogP contribution in [0.15, 0.2) is 35.1 Å². The van der Waals surface area contributed by atoms with Crippen molar-refractivity contribution in [1.82, 2.24) is 19.8 Å². The molecule has 2 aromatic rings. The smallest absolute Gasteiger partial charge is 0.425 e. The third-order valence-corrected chi connectivity index (χ3v) is 7.67. The lowest BCUT2D eigenvalue weighted by Gasteiger charge is -2.35. The Balaban J connectivity index is 1.24. The number of carbonyl (C=O) groups is 1. The first kappa shape index (κ1) is 28.1. The van der Waals surface area contributed by atoms with Gasteiger partial charge in [0.1, 0.15) is 11.4 Å². The Bertz CT molecular complexity index is 1190. The van der Waals surface area contributed by atoms with Crippen LogP contribution in [0.25, 0.3) is 0 Å². The fraction of sp³-hybridized carbons (Fsp3) is 0.593. The maximum absolute atomic E-state index is 15.6. The number of fused-ring (bicyclic) bond motifs is 1. The lowest BCUT2D eigenvalue weighted by molar-refractivity contribution is -0.190.